The number of phenols is 1. The molecule has 1 aliphatic heterocycles. The van der Waals surface area contributed by atoms with E-state index < -0.39 is 0 Å². The average Bonchev–Trinajstić information content (AvgIpc) is 2.94. The molecule has 1 N–H and O–H groups in total. The maximum absolute atomic E-state index is 12.9. The summed E-state index contributed by atoms with van der Waals surface area (Å²) in [5, 5.41) is 11.0. The zero-order chi connectivity index (χ0) is 18.8. The molecule has 0 saturated heterocycles. The first-order valence-corrected chi connectivity index (χ1v) is 9.10. The van der Waals surface area contributed by atoms with Crippen molar-refractivity contribution in [3.63, 3.8) is 0 Å². The molecule has 4 nitrogen and oxygen atoms in total. The minimum absolute atomic E-state index is 0.153. The van der Waals surface area contributed by atoms with Crippen LogP contribution < -0.4 is 4.74 Å². The Labute approximate surface area is 158 Å². The molecule has 0 aliphatic carbocycles. The highest BCUT2D eigenvalue weighted by atomic mass is 35.5. The molecule has 26 heavy (non-hydrogen) atoms. The van der Waals surface area contributed by atoms with Gasteiger partial charge in [0.15, 0.2) is 5.76 Å². The first kappa shape index (κ1) is 18.5. The second-order valence-corrected chi connectivity index (χ2v) is 6.73. The van der Waals surface area contributed by atoms with Crippen LogP contribution in [0.2, 0.25) is 5.02 Å². The Morgan fingerprint density at radius 1 is 1.23 bits per heavy atom. The van der Waals surface area contributed by atoms with E-state index in [0.29, 0.717) is 34.0 Å². The van der Waals surface area contributed by atoms with Crippen LogP contribution in [0.3, 0.4) is 0 Å². The number of benzene rings is 2. The Morgan fingerprint density at radius 2 is 1.92 bits per heavy atom. The summed E-state index contributed by atoms with van der Waals surface area (Å²) in [7, 11) is 0. The third-order valence-corrected chi connectivity index (χ3v) is 5.03. The van der Waals surface area contributed by atoms with Gasteiger partial charge in [0.1, 0.15) is 11.5 Å². The van der Waals surface area contributed by atoms with E-state index in [2.05, 4.69) is 18.7 Å². The van der Waals surface area contributed by atoms with E-state index in [1.165, 1.54) is 0 Å². The Morgan fingerprint density at radius 3 is 2.58 bits per heavy atom. The number of Topliss-reactive ketones (excluding diaryl/α,β-unsaturated/α-hetero) is 1. The molecule has 2 aromatic rings. The van der Waals surface area contributed by atoms with Gasteiger partial charge < -0.3 is 9.84 Å². The van der Waals surface area contributed by atoms with Crippen molar-refractivity contribution < 1.29 is 14.6 Å². The molecule has 0 unspecified atom stereocenters. The lowest BCUT2D eigenvalue weighted by Crippen LogP contribution is -2.22. The molecule has 2 aromatic carbocycles. The Balaban J connectivity index is 2.06. The summed E-state index contributed by atoms with van der Waals surface area (Å²) in [5.74, 6) is 0.651. The molecule has 3 rings (SSSR count). The van der Waals surface area contributed by atoms with Crippen LogP contribution in [-0.4, -0.2) is 28.9 Å². The number of ether oxygens (including phenoxy) is 1. The second kappa shape index (κ2) is 7.52. The van der Waals surface area contributed by atoms with Gasteiger partial charge in [0, 0.05) is 11.6 Å². The number of carbonyl (C=O) groups excluding carboxylic acids is 1. The van der Waals surface area contributed by atoms with Crippen molar-refractivity contribution in [2.24, 2.45) is 0 Å². The summed E-state index contributed by atoms with van der Waals surface area (Å²) in [6.45, 7) is 8.13. The van der Waals surface area contributed by atoms with Crippen LogP contribution in [0.4, 0.5) is 0 Å². The maximum Gasteiger partial charge on any atom is 0.232 e. The summed E-state index contributed by atoms with van der Waals surface area (Å²) in [4.78, 5) is 15.1. The lowest BCUT2D eigenvalue weighted by atomic mass is 9.99. The molecule has 0 atom stereocenters. The molecule has 0 saturated carbocycles. The van der Waals surface area contributed by atoms with Crippen LogP contribution in [0.1, 0.15) is 40.9 Å². The van der Waals surface area contributed by atoms with E-state index in [1.54, 1.807) is 25.1 Å². The number of rotatable bonds is 5. The van der Waals surface area contributed by atoms with Crippen LogP contribution in [0.5, 0.6) is 11.5 Å². The number of ketones is 1. The first-order chi connectivity index (χ1) is 12.5. The van der Waals surface area contributed by atoms with Gasteiger partial charge in [-0.05, 0) is 49.3 Å². The minimum atomic E-state index is -0.182. The number of allylic oxidation sites excluding steroid dienone is 1. The van der Waals surface area contributed by atoms with Crippen LogP contribution in [0.15, 0.2) is 36.1 Å². The Kier molecular flexibility index (Phi) is 5.35. The smallest absolute Gasteiger partial charge is 0.232 e. The fraction of sp³-hybridized carbons (Fsp3) is 0.286. The van der Waals surface area contributed by atoms with E-state index in [4.69, 9.17) is 16.3 Å². The highest BCUT2D eigenvalue weighted by molar-refractivity contribution is 6.32. The number of aromatic hydroxyl groups is 1. The summed E-state index contributed by atoms with van der Waals surface area (Å²) >= 11 is 6.20. The number of carbonyl (C=O) groups is 1. The molecular formula is C21H22ClNO3. The third-order valence-electron chi connectivity index (χ3n) is 4.69. The molecule has 0 radical (unpaired) electrons. The fourth-order valence-corrected chi connectivity index (χ4v) is 3.33. The molecule has 0 bridgehead atoms. The van der Waals surface area contributed by atoms with Gasteiger partial charge in [-0.2, -0.15) is 0 Å². The quantitative estimate of drug-likeness (QED) is 0.766. The molecular weight excluding hydrogens is 350 g/mol. The molecule has 5 heteroatoms. The number of nitrogens with zero attached hydrogens (tertiary/aromatic N) is 1. The monoisotopic (exact) mass is 371 g/mol. The zero-order valence-corrected chi connectivity index (χ0v) is 15.9. The molecule has 1 heterocycles. The van der Waals surface area contributed by atoms with E-state index in [-0.39, 0.29) is 17.3 Å². The maximum atomic E-state index is 12.9. The number of hydrogen-bond donors (Lipinski definition) is 1. The molecule has 1 aliphatic rings. The van der Waals surface area contributed by atoms with Gasteiger partial charge in [0.2, 0.25) is 5.78 Å². The summed E-state index contributed by atoms with van der Waals surface area (Å²) in [5.41, 5.74) is 2.58. The number of halogens is 1. The van der Waals surface area contributed by atoms with Gasteiger partial charge in [0.05, 0.1) is 11.1 Å². The normalized spacial score (nSPS) is 14.8. The second-order valence-electron chi connectivity index (χ2n) is 6.32. The molecule has 0 aromatic heterocycles. The van der Waals surface area contributed by atoms with Crippen LogP contribution >= 0.6 is 11.6 Å². The molecule has 0 amide bonds. The predicted molar refractivity (Wildman–Crippen MR) is 104 cm³/mol. The van der Waals surface area contributed by atoms with Crippen LogP contribution in [0, 0.1) is 6.92 Å². The van der Waals surface area contributed by atoms with Crippen molar-refractivity contribution in [1.29, 1.82) is 0 Å². The zero-order valence-electron chi connectivity index (χ0n) is 15.2. The Hall–Kier alpha value is -2.30. The molecule has 0 spiro atoms. The molecule has 136 valence electrons. The highest BCUT2D eigenvalue weighted by Gasteiger charge is 2.33. The predicted octanol–water partition coefficient (Wildman–Crippen LogP) is 4.81. The van der Waals surface area contributed by atoms with E-state index in [9.17, 15) is 9.90 Å². The molecule has 0 fully saturated rings. The van der Waals surface area contributed by atoms with Crippen LogP contribution in [0.25, 0.3) is 6.08 Å². The van der Waals surface area contributed by atoms with Gasteiger partial charge in [-0.3, -0.25) is 9.69 Å². The first-order valence-electron chi connectivity index (χ1n) is 8.72. The van der Waals surface area contributed by atoms with Crippen molar-refractivity contribution in [2.45, 2.75) is 27.3 Å². The van der Waals surface area contributed by atoms with Crippen molar-refractivity contribution in [1.82, 2.24) is 4.90 Å². The van der Waals surface area contributed by atoms with Crippen molar-refractivity contribution in [3.05, 3.63) is 63.4 Å². The largest absolute Gasteiger partial charge is 0.507 e. The number of aryl methyl sites for hydroxylation is 1. The van der Waals surface area contributed by atoms with Gasteiger partial charge in [0.25, 0.3) is 0 Å². The summed E-state index contributed by atoms with van der Waals surface area (Å²) in [6.07, 6.45) is 1.66. The number of fused-ring (bicyclic) bond motifs is 1. The van der Waals surface area contributed by atoms with Gasteiger partial charge in [-0.1, -0.05) is 43.6 Å². The van der Waals surface area contributed by atoms with Crippen molar-refractivity contribution in [2.75, 3.05) is 13.1 Å². The van der Waals surface area contributed by atoms with Gasteiger partial charge in [-0.25, -0.2) is 0 Å². The van der Waals surface area contributed by atoms with E-state index in [1.807, 2.05) is 18.2 Å². The van der Waals surface area contributed by atoms with E-state index in [0.717, 1.165) is 18.7 Å². The standard InChI is InChI=1S/C21H22ClNO3/c1-4-23(5-2)12-15-17(24)10-13(3)19-20(25)18(26-21(15)19)11-14-8-6-7-9-16(14)22/h6-11,24H,4-5,12H2,1-3H3/b18-11-. The minimum Gasteiger partial charge on any atom is -0.507 e. The average molecular weight is 372 g/mol. The van der Waals surface area contributed by atoms with Crippen LogP contribution in [-0.2, 0) is 6.54 Å². The fourth-order valence-electron chi connectivity index (χ4n) is 3.14. The summed E-state index contributed by atoms with van der Waals surface area (Å²) < 4.78 is 5.93. The summed E-state index contributed by atoms with van der Waals surface area (Å²) in [6, 6.07) is 8.92. The van der Waals surface area contributed by atoms with Crippen molar-refractivity contribution in [3.8, 4) is 11.5 Å². The van der Waals surface area contributed by atoms with Gasteiger partial charge >= 0.3 is 0 Å². The SMILES string of the molecule is CCN(CC)Cc1c(O)cc(C)c2c1O/C(=C\c1ccccc1Cl)C2=O. The highest BCUT2D eigenvalue weighted by Crippen LogP contribution is 2.42. The Bertz CT molecular complexity index is 885. The van der Waals surface area contributed by atoms with Gasteiger partial charge in [-0.15, -0.1) is 0 Å². The number of phenolic OH excluding ortho intramolecular Hbond substituents is 1. The topological polar surface area (TPSA) is 49.8 Å². The number of hydrogen-bond acceptors (Lipinski definition) is 4. The van der Waals surface area contributed by atoms with E-state index >= 15 is 0 Å². The third kappa shape index (κ3) is 3.35. The lowest BCUT2D eigenvalue weighted by molar-refractivity contribution is 0.101. The lowest BCUT2D eigenvalue weighted by Gasteiger charge is -2.20. The van der Waals surface area contributed by atoms with Crippen molar-refractivity contribution >= 4 is 23.5 Å².